The van der Waals surface area contributed by atoms with Gasteiger partial charge in [-0.25, -0.2) is 0 Å². The van der Waals surface area contributed by atoms with E-state index in [2.05, 4.69) is 21.2 Å². The Hall–Kier alpha value is -2.25. The Morgan fingerprint density at radius 1 is 1.12 bits per heavy atom. The second-order valence-corrected chi connectivity index (χ2v) is 8.80. The smallest absolute Gasteiger partial charge is 0.261 e. The highest BCUT2D eigenvalue weighted by Gasteiger charge is 2.29. The van der Waals surface area contributed by atoms with Crippen LogP contribution in [0.15, 0.2) is 46.9 Å². The van der Waals surface area contributed by atoms with Gasteiger partial charge in [-0.15, -0.1) is 0 Å². The van der Waals surface area contributed by atoms with Crippen molar-refractivity contribution in [1.29, 1.82) is 0 Å². The molecule has 0 unspecified atom stereocenters. The van der Waals surface area contributed by atoms with Gasteiger partial charge in [-0.3, -0.25) is 9.59 Å². The largest absolute Gasteiger partial charge is 0.497 e. The SMILES string of the molecule is CC[C@H](C(=O)N[C@@H](C)CC)N(Cc1ccc(OC)cc1)C(=O)COc1ccc(Br)cc1Cl. The highest BCUT2D eigenvalue weighted by atomic mass is 79.9. The van der Waals surface area contributed by atoms with E-state index in [-0.39, 0.29) is 31.0 Å². The van der Waals surface area contributed by atoms with Crippen LogP contribution < -0.4 is 14.8 Å². The molecule has 174 valence electrons. The first-order chi connectivity index (χ1) is 15.3. The number of benzene rings is 2. The van der Waals surface area contributed by atoms with Gasteiger partial charge in [0.2, 0.25) is 5.91 Å². The number of carbonyl (C=O) groups excluding carboxylic acids is 2. The third-order valence-electron chi connectivity index (χ3n) is 5.14. The number of hydrogen-bond donors (Lipinski definition) is 1. The maximum Gasteiger partial charge on any atom is 0.261 e. The molecule has 8 heteroatoms. The first-order valence-corrected chi connectivity index (χ1v) is 11.8. The Bertz CT molecular complexity index is 907. The summed E-state index contributed by atoms with van der Waals surface area (Å²) in [5.41, 5.74) is 0.885. The van der Waals surface area contributed by atoms with E-state index in [0.717, 1.165) is 22.2 Å². The van der Waals surface area contributed by atoms with Crippen LogP contribution in [0.5, 0.6) is 11.5 Å². The van der Waals surface area contributed by atoms with Gasteiger partial charge in [0, 0.05) is 17.1 Å². The predicted octanol–water partition coefficient (Wildman–Crippen LogP) is 5.21. The quantitative estimate of drug-likeness (QED) is 0.437. The second kappa shape index (κ2) is 12.7. The lowest BCUT2D eigenvalue weighted by Gasteiger charge is -2.31. The molecule has 2 rings (SSSR count). The van der Waals surface area contributed by atoms with Crippen molar-refractivity contribution < 1.29 is 19.1 Å². The molecule has 0 heterocycles. The van der Waals surface area contributed by atoms with E-state index >= 15 is 0 Å². The molecule has 6 nitrogen and oxygen atoms in total. The molecule has 0 saturated carbocycles. The molecule has 2 aromatic carbocycles. The van der Waals surface area contributed by atoms with Gasteiger partial charge in [-0.2, -0.15) is 0 Å². The van der Waals surface area contributed by atoms with Crippen LogP contribution in [0.25, 0.3) is 0 Å². The van der Waals surface area contributed by atoms with Crippen LogP contribution in [0.4, 0.5) is 0 Å². The van der Waals surface area contributed by atoms with Crippen molar-refractivity contribution in [3.8, 4) is 11.5 Å². The summed E-state index contributed by atoms with van der Waals surface area (Å²) in [5, 5.41) is 3.39. The molecule has 0 aliphatic rings. The Morgan fingerprint density at radius 3 is 2.38 bits per heavy atom. The number of hydrogen-bond acceptors (Lipinski definition) is 4. The first-order valence-electron chi connectivity index (χ1n) is 10.6. The maximum absolute atomic E-state index is 13.2. The van der Waals surface area contributed by atoms with E-state index in [0.29, 0.717) is 17.2 Å². The van der Waals surface area contributed by atoms with Crippen LogP contribution in [0.2, 0.25) is 5.02 Å². The van der Waals surface area contributed by atoms with Crippen molar-refractivity contribution in [2.24, 2.45) is 0 Å². The highest BCUT2D eigenvalue weighted by molar-refractivity contribution is 9.10. The van der Waals surface area contributed by atoms with Crippen LogP contribution in [0, 0.1) is 0 Å². The lowest BCUT2D eigenvalue weighted by molar-refractivity contribution is -0.143. The zero-order valence-corrected chi connectivity index (χ0v) is 21.2. The number of nitrogens with one attached hydrogen (secondary N) is 1. The topological polar surface area (TPSA) is 67.9 Å². The monoisotopic (exact) mass is 524 g/mol. The fourth-order valence-corrected chi connectivity index (χ4v) is 3.83. The Balaban J connectivity index is 2.23. The van der Waals surface area contributed by atoms with Gasteiger partial charge in [0.05, 0.1) is 12.1 Å². The Labute approximate surface area is 203 Å². The van der Waals surface area contributed by atoms with E-state index in [1.165, 1.54) is 0 Å². The number of rotatable bonds is 11. The molecular formula is C24H30BrClN2O4. The van der Waals surface area contributed by atoms with E-state index in [1.54, 1.807) is 30.2 Å². The summed E-state index contributed by atoms with van der Waals surface area (Å²) in [7, 11) is 1.60. The van der Waals surface area contributed by atoms with Crippen LogP contribution in [0.3, 0.4) is 0 Å². The van der Waals surface area contributed by atoms with Crippen LogP contribution >= 0.6 is 27.5 Å². The van der Waals surface area contributed by atoms with E-state index in [1.807, 2.05) is 45.0 Å². The van der Waals surface area contributed by atoms with Gasteiger partial charge >= 0.3 is 0 Å². The molecule has 0 radical (unpaired) electrons. The number of halogens is 2. The van der Waals surface area contributed by atoms with Crippen LogP contribution in [-0.2, 0) is 16.1 Å². The van der Waals surface area contributed by atoms with Crippen molar-refractivity contribution in [1.82, 2.24) is 10.2 Å². The lowest BCUT2D eigenvalue weighted by Crippen LogP contribution is -2.51. The van der Waals surface area contributed by atoms with Gasteiger partial charge < -0.3 is 19.7 Å². The minimum Gasteiger partial charge on any atom is -0.497 e. The molecule has 2 aromatic rings. The second-order valence-electron chi connectivity index (χ2n) is 7.48. The highest BCUT2D eigenvalue weighted by Crippen LogP contribution is 2.28. The fraction of sp³-hybridized carbons (Fsp3) is 0.417. The number of carbonyl (C=O) groups is 2. The third-order valence-corrected chi connectivity index (χ3v) is 5.93. The van der Waals surface area contributed by atoms with Gasteiger partial charge in [0.15, 0.2) is 6.61 Å². The van der Waals surface area contributed by atoms with E-state index < -0.39 is 6.04 Å². The molecule has 2 atom stereocenters. The summed E-state index contributed by atoms with van der Waals surface area (Å²) in [6, 6.07) is 12.0. The zero-order chi connectivity index (χ0) is 23.7. The summed E-state index contributed by atoms with van der Waals surface area (Å²) >= 11 is 9.56. The van der Waals surface area contributed by atoms with Gasteiger partial charge in [-0.05, 0) is 55.7 Å². The molecule has 0 saturated heterocycles. The molecule has 0 bridgehead atoms. The van der Waals surface area contributed by atoms with Gasteiger partial charge in [-0.1, -0.05) is 53.5 Å². The molecule has 0 fully saturated rings. The molecule has 0 aliphatic carbocycles. The van der Waals surface area contributed by atoms with Crippen molar-refractivity contribution in [3.63, 3.8) is 0 Å². The van der Waals surface area contributed by atoms with Gasteiger partial charge in [0.25, 0.3) is 5.91 Å². The summed E-state index contributed by atoms with van der Waals surface area (Å²) in [6.45, 7) is 5.87. The molecule has 1 N–H and O–H groups in total. The third kappa shape index (κ3) is 7.41. The summed E-state index contributed by atoms with van der Waals surface area (Å²) in [5.74, 6) is 0.655. The van der Waals surface area contributed by atoms with Crippen molar-refractivity contribution >= 4 is 39.3 Å². The molecule has 0 spiro atoms. The van der Waals surface area contributed by atoms with Crippen molar-refractivity contribution in [2.45, 2.75) is 52.2 Å². The van der Waals surface area contributed by atoms with Crippen molar-refractivity contribution in [2.75, 3.05) is 13.7 Å². The van der Waals surface area contributed by atoms with Crippen LogP contribution in [0.1, 0.15) is 39.2 Å². The zero-order valence-electron chi connectivity index (χ0n) is 18.9. The minimum atomic E-state index is -0.623. The summed E-state index contributed by atoms with van der Waals surface area (Å²) in [6.07, 6.45) is 1.28. The van der Waals surface area contributed by atoms with Gasteiger partial charge in [0.1, 0.15) is 17.5 Å². The van der Waals surface area contributed by atoms with E-state index in [9.17, 15) is 9.59 Å². The van der Waals surface area contributed by atoms with Crippen LogP contribution in [-0.4, -0.2) is 42.5 Å². The molecule has 0 aliphatic heterocycles. The average Bonchev–Trinajstić information content (AvgIpc) is 2.78. The molecule has 32 heavy (non-hydrogen) atoms. The number of ether oxygens (including phenoxy) is 2. The Morgan fingerprint density at radius 2 is 1.81 bits per heavy atom. The number of amides is 2. The first kappa shape index (κ1) is 26.0. The number of methoxy groups -OCH3 is 1. The summed E-state index contributed by atoms with van der Waals surface area (Å²) < 4.78 is 11.7. The lowest BCUT2D eigenvalue weighted by atomic mass is 10.1. The fourth-order valence-electron chi connectivity index (χ4n) is 3.10. The molecule has 0 aromatic heterocycles. The number of nitrogens with zero attached hydrogens (tertiary/aromatic N) is 1. The maximum atomic E-state index is 13.2. The normalized spacial score (nSPS) is 12.6. The van der Waals surface area contributed by atoms with Crippen molar-refractivity contribution in [3.05, 3.63) is 57.5 Å². The predicted molar refractivity (Wildman–Crippen MR) is 130 cm³/mol. The standard InChI is InChI=1S/C24H30BrClN2O4/c1-5-16(3)27-24(30)21(6-2)28(14-17-7-10-19(31-4)11-8-17)23(29)15-32-22-12-9-18(25)13-20(22)26/h7-13,16,21H,5-6,14-15H2,1-4H3,(H,27,30)/t16-,21+/m0/s1. The molecule has 2 amide bonds. The summed E-state index contributed by atoms with van der Waals surface area (Å²) in [4.78, 5) is 27.7. The molecular weight excluding hydrogens is 496 g/mol. The Kier molecular flexibility index (Phi) is 10.3. The minimum absolute atomic E-state index is 0.0207. The average molecular weight is 526 g/mol. The van der Waals surface area contributed by atoms with E-state index in [4.69, 9.17) is 21.1 Å².